The van der Waals surface area contributed by atoms with Crippen molar-refractivity contribution in [1.82, 2.24) is 9.55 Å². The second-order valence-electron chi connectivity index (χ2n) is 5.89. The average Bonchev–Trinajstić information content (AvgIpc) is 3.13. The molecule has 1 heterocycles. The third kappa shape index (κ3) is 5.88. The summed E-state index contributed by atoms with van der Waals surface area (Å²) < 4.78 is 45.3. The minimum atomic E-state index is -4.48. The van der Waals surface area contributed by atoms with Gasteiger partial charge in [0.2, 0.25) is 0 Å². The van der Waals surface area contributed by atoms with Crippen LogP contribution in [0.15, 0.2) is 61.2 Å². The van der Waals surface area contributed by atoms with Crippen molar-refractivity contribution in [3.05, 3.63) is 87.9 Å². The van der Waals surface area contributed by atoms with Gasteiger partial charge < -0.3 is 9.30 Å². The van der Waals surface area contributed by atoms with Crippen molar-refractivity contribution in [1.29, 1.82) is 0 Å². The number of halogens is 6. The number of aromatic nitrogens is 2. The number of alkyl halides is 3. The highest BCUT2D eigenvalue weighted by molar-refractivity contribution is 6.35. The molecule has 0 saturated carbocycles. The van der Waals surface area contributed by atoms with Crippen molar-refractivity contribution in [2.75, 3.05) is 0 Å². The van der Waals surface area contributed by atoms with Crippen molar-refractivity contribution >= 4 is 41.6 Å². The Morgan fingerprint density at radius 2 is 1.83 bits per heavy atom. The lowest BCUT2D eigenvalue weighted by atomic mass is 10.1. The van der Waals surface area contributed by atoms with Gasteiger partial charge in [-0.25, -0.2) is 9.78 Å². The van der Waals surface area contributed by atoms with Gasteiger partial charge in [-0.15, -0.1) is 12.4 Å². The van der Waals surface area contributed by atoms with E-state index in [0.29, 0.717) is 15.6 Å². The number of ether oxygens (including phenoxy) is 1. The maximum Gasteiger partial charge on any atom is 0.416 e. The summed E-state index contributed by atoms with van der Waals surface area (Å²) in [6, 6.07) is 8.56. The van der Waals surface area contributed by atoms with Crippen LogP contribution in [0.3, 0.4) is 0 Å². The number of rotatable bonds is 5. The molecule has 3 rings (SSSR count). The Kier molecular flexibility index (Phi) is 7.57. The summed E-state index contributed by atoms with van der Waals surface area (Å²) in [5, 5.41) is 0.724. The SMILES string of the molecule is Cl.O=C(OC(Cn1ccnc1)c1ccc(Cl)cc1Cl)c1ccc(C(F)(F)F)cc1. The van der Waals surface area contributed by atoms with E-state index in [4.69, 9.17) is 27.9 Å². The maximum absolute atomic E-state index is 12.7. The highest BCUT2D eigenvalue weighted by Gasteiger charge is 2.30. The van der Waals surface area contributed by atoms with Gasteiger partial charge >= 0.3 is 12.1 Å². The van der Waals surface area contributed by atoms with E-state index in [9.17, 15) is 18.0 Å². The molecular formula is C19H14Cl3F3N2O2. The van der Waals surface area contributed by atoms with Gasteiger partial charge in [0.05, 0.1) is 24.0 Å². The van der Waals surface area contributed by atoms with Crippen molar-refractivity contribution in [3.63, 3.8) is 0 Å². The number of nitrogens with zero attached hydrogens (tertiary/aromatic N) is 2. The van der Waals surface area contributed by atoms with Crippen LogP contribution in [0.4, 0.5) is 13.2 Å². The first-order valence-electron chi connectivity index (χ1n) is 8.03. The molecule has 0 aliphatic rings. The van der Waals surface area contributed by atoms with Crippen molar-refractivity contribution < 1.29 is 22.7 Å². The molecule has 0 aliphatic heterocycles. The first kappa shape index (κ1) is 23.1. The number of carbonyl (C=O) groups is 1. The zero-order valence-electron chi connectivity index (χ0n) is 14.6. The fraction of sp³-hybridized carbons (Fsp3) is 0.158. The number of hydrogen-bond donors (Lipinski definition) is 0. The first-order chi connectivity index (χ1) is 13.2. The Morgan fingerprint density at radius 3 is 2.38 bits per heavy atom. The fourth-order valence-electron chi connectivity index (χ4n) is 2.54. The van der Waals surface area contributed by atoms with E-state index in [1.807, 2.05) is 0 Å². The van der Waals surface area contributed by atoms with E-state index < -0.39 is 23.8 Å². The number of esters is 1. The van der Waals surface area contributed by atoms with Gasteiger partial charge in [0.1, 0.15) is 6.10 Å². The molecule has 154 valence electrons. The fourth-order valence-corrected chi connectivity index (χ4v) is 3.07. The Bertz CT molecular complexity index is 962. The van der Waals surface area contributed by atoms with Crippen LogP contribution in [0.2, 0.25) is 10.0 Å². The lowest BCUT2D eigenvalue weighted by Crippen LogP contribution is -2.17. The van der Waals surface area contributed by atoms with Crippen LogP contribution in [0, 0.1) is 0 Å². The molecule has 10 heteroatoms. The second-order valence-corrected chi connectivity index (χ2v) is 6.74. The Labute approximate surface area is 180 Å². The van der Waals surface area contributed by atoms with Gasteiger partial charge in [0, 0.05) is 28.0 Å². The molecule has 2 aromatic carbocycles. The van der Waals surface area contributed by atoms with E-state index in [-0.39, 0.29) is 24.5 Å². The second kappa shape index (κ2) is 9.52. The van der Waals surface area contributed by atoms with Gasteiger partial charge in [-0.05, 0) is 36.4 Å². The highest BCUT2D eigenvalue weighted by Crippen LogP contribution is 2.32. The van der Waals surface area contributed by atoms with Crippen LogP contribution < -0.4 is 0 Å². The summed E-state index contributed by atoms with van der Waals surface area (Å²) in [6.45, 7) is 0.216. The van der Waals surface area contributed by atoms with Crippen molar-refractivity contribution in [3.8, 4) is 0 Å². The molecule has 4 nitrogen and oxygen atoms in total. The van der Waals surface area contributed by atoms with Crippen molar-refractivity contribution in [2.24, 2.45) is 0 Å². The molecule has 0 amide bonds. The van der Waals surface area contributed by atoms with Gasteiger partial charge in [0.25, 0.3) is 0 Å². The lowest BCUT2D eigenvalue weighted by molar-refractivity contribution is -0.137. The van der Waals surface area contributed by atoms with Crippen LogP contribution in [-0.2, 0) is 17.5 Å². The highest BCUT2D eigenvalue weighted by atomic mass is 35.5. The molecule has 0 saturated heterocycles. The summed E-state index contributed by atoms with van der Waals surface area (Å²) in [6.07, 6.45) is -0.485. The maximum atomic E-state index is 12.7. The lowest BCUT2D eigenvalue weighted by Gasteiger charge is -2.20. The van der Waals surface area contributed by atoms with Gasteiger partial charge in [-0.1, -0.05) is 29.3 Å². The number of benzene rings is 2. The van der Waals surface area contributed by atoms with E-state index in [2.05, 4.69) is 4.98 Å². The van der Waals surface area contributed by atoms with E-state index in [0.717, 1.165) is 24.3 Å². The zero-order valence-corrected chi connectivity index (χ0v) is 16.9. The van der Waals surface area contributed by atoms with E-state index in [1.54, 1.807) is 35.4 Å². The van der Waals surface area contributed by atoms with E-state index in [1.165, 1.54) is 6.07 Å². The third-order valence-electron chi connectivity index (χ3n) is 3.94. The smallest absolute Gasteiger partial charge is 0.416 e. The normalized spacial score (nSPS) is 12.2. The largest absolute Gasteiger partial charge is 0.452 e. The molecule has 0 fully saturated rings. The van der Waals surface area contributed by atoms with Gasteiger partial charge in [-0.2, -0.15) is 13.2 Å². The molecule has 1 atom stereocenters. The molecule has 3 aromatic rings. The quantitative estimate of drug-likeness (QED) is 0.420. The first-order valence-corrected chi connectivity index (χ1v) is 8.78. The van der Waals surface area contributed by atoms with Gasteiger partial charge in [-0.3, -0.25) is 0 Å². The molecule has 1 aromatic heterocycles. The molecule has 0 aliphatic carbocycles. The summed E-state index contributed by atoms with van der Waals surface area (Å²) in [4.78, 5) is 16.4. The summed E-state index contributed by atoms with van der Waals surface area (Å²) >= 11 is 12.2. The molecule has 0 radical (unpaired) electrons. The molecule has 0 N–H and O–H groups in total. The van der Waals surface area contributed by atoms with E-state index >= 15 is 0 Å². The topological polar surface area (TPSA) is 44.1 Å². The molecule has 1 unspecified atom stereocenters. The molecule has 29 heavy (non-hydrogen) atoms. The molecular weight excluding hydrogens is 452 g/mol. The molecule has 0 bridgehead atoms. The average molecular weight is 466 g/mol. The minimum absolute atomic E-state index is 0. The predicted molar refractivity (Wildman–Crippen MR) is 106 cm³/mol. The number of carbonyl (C=O) groups excluding carboxylic acids is 1. The zero-order chi connectivity index (χ0) is 20.3. The number of hydrogen-bond acceptors (Lipinski definition) is 3. The minimum Gasteiger partial charge on any atom is -0.452 e. The Hall–Kier alpha value is -2.22. The Morgan fingerprint density at radius 1 is 1.14 bits per heavy atom. The van der Waals surface area contributed by atoms with Crippen LogP contribution in [0.1, 0.15) is 27.6 Å². The summed E-state index contributed by atoms with van der Waals surface area (Å²) in [5.74, 6) is -0.773. The Balaban J connectivity index is 0.00000300. The monoisotopic (exact) mass is 464 g/mol. The van der Waals surface area contributed by atoms with Crippen LogP contribution >= 0.6 is 35.6 Å². The summed E-state index contributed by atoms with van der Waals surface area (Å²) in [7, 11) is 0. The standard InChI is InChI=1S/C19H13Cl2F3N2O2.ClH/c20-14-5-6-15(16(21)9-14)17(10-26-8-7-25-11-26)28-18(27)12-1-3-13(4-2-12)19(22,23)24;/h1-9,11,17H,10H2;1H. The van der Waals surface area contributed by atoms with Gasteiger partial charge in [0.15, 0.2) is 0 Å². The van der Waals surface area contributed by atoms with Crippen LogP contribution in [0.5, 0.6) is 0 Å². The molecule has 0 spiro atoms. The summed E-state index contributed by atoms with van der Waals surface area (Å²) in [5.41, 5.74) is -0.339. The van der Waals surface area contributed by atoms with Crippen LogP contribution in [-0.4, -0.2) is 15.5 Å². The number of imidazole rings is 1. The van der Waals surface area contributed by atoms with Crippen LogP contribution in [0.25, 0.3) is 0 Å². The van der Waals surface area contributed by atoms with Crippen molar-refractivity contribution in [2.45, 2.75) is 18.8 Å². The third-order valence-corrected chi connectivity index (χ3v) is 4.50. The predicted octanol–water partition coefficient (Wildman–Crippen LogP) is 6.23.